The van der Waals surface area contributed by atoms with Crippen LogP contribution in [0, 0.1) is 5.92 Å². The molecule has 0 atom stereocenters. The molecule has 0 aliphatic carbocycles. The molecule has 1 aromatic rings. The van der Waals surface area contributed by atoms with E-state index in [9.17, 15) is 0 Å². The molecule has 0 saturated carbocycles. The first-order chi connectivity index (χ1) is 11.0. The van der Waals surface area contributed by atoms with Gasteiger partial charge in [0.25, 0.3) is 0 Å². The van der Waals surface area contributed by atoms with E-state index in [0.717, 1.165) is 30.0 Å². The second kappa shape index (κ2) is 9.82. The summed E-state index contributed by atoms with van der Waals surface area (Å²) in [7, 11) is 4.88. The van der Waals surface area contributed by atoms with E-state index in [-0.39, 0.29) is 0 Å². The van der Waals surface area contributed by atoms with Crippen LogP contribution in [-0.4, -0.2) is 40.4 Å². The molecular formula is C17H29N3O3. The molecule has 0 spiro atoms. The molecule has 0 unspecified atom stereocenters. The minimum atomic E-state index is 0.470. The van der Waals surface area contributed by atoms with Gasteiger partial charge in [-0.3, -0.25) is 4.99 Å². The molecule has 0 aromatic heterocycles. The SMILES string of the molecule is COc1cc(OC)c(CCNC(N)=NCCC(C)C)c(OC)c1. The van der Waals surface area contributed by atoms with Gasteiger partial charge >= 0.3 is 0 Å². The third-order valence-electron chi connectivity index (χ3n) is 3.49. The van der Waals surface area contributed by atoms with Crippen molar-refractivity contribution in [2.45, 2.75) is 26.7 Å². The molecule has 0 aliphatic heterocycles. The molecule has 130 valence electrons. The summed E-state index contributed by atoms with van der Waals surface area (Å²) in [6, 6.07) is 3.69. The van der Waals surface area contributed by atoms with Gasteiger partial charge in [-0.05, 0) is 18.8 Å². The lowest BCUT2D eigenvalue weighted by Crippen LogP contribution is -2.33. The Morgan fingerprint density at radius 1 is 1.13 bits per heavy atom. The second-order valence-corrected chi connectivity index (χ2v) is 5.64. The van der Waals surface area contributed by atoms with Crippen LogP contribution in [0.4, 0.5) is 0 Å². The summed E-state index contributed by atoms with van der Waals surface area (Å²) in [5.41, 5.74) is 6.84. The summed E-state index contributed by atoms with van der Waals surface area (Å²) in [6.45, 7) is 5.73. The maximum atomic E-state index is 5.87. The fourth-order valence-corrected chi connectivity index (χ4v) is 2.14. The van der Waals surface area contributed by atoms with Crippen LogP contribution in [0.3, 0.4) is 0 Å². The minimum Gasteiger partial charge on any atom is -0.496 e. The van der Waals surface area contributed by atoms with Gasteiger partial charge in [-0.1, -0.05) is 13.8 Å². The molecule has 3 N–H and O–H groups in total. The predicted octanol–water partition coefficient (Wildman–Crippen LogP) is 2.21. The van der Waals surface area contributed by atoms with Gasteiger partial charge in [0.05, 0.1) is 21.3 Å². The Labute approximate surface area is 139 Å². The van der Waals surface area contributed by atoms with Gasteiger partial charge in [-0.15, -0.1) is 0 Å². The Morgan fingerprint density at radius 3 is 2.22 bits per heavy atom. The number of guanidine groups is 1. The quantitative estimate of drug-likeness (QED) is 0.538. The molecule has 0 aliphatic rings. The number of nitrogens with zero attached hydrogens (tertiary/aromatic N) is 1. The second-order valence-electron chi connectivity index (χ2n) is 5.64. The van der Waals surface area contributed by atoms with Crippen LogP contribution in [0.2, 0.25) is 0 Å². The Kier molecular flexibility index (Phi) is 8.08. The largest absolute Gasteiger partial charge is 0.496 e. The number of aliphatic imine (C=N–C) groups is 1. The lowest BCUT2D eigenvalue weighted by molar-refractivity contribution is 0.368. The molecule has 23 heavy (non-hydrogen) atoms. The maximum Gasteiger partial charge on any atom is 0.188 e. The third kappa shape index (κ3) is 6.26. The van der Waals surface area contributed by atoms with Crippen LogP contribution in [-0.2, 0) is 6.42 Å². The summed E-state index contributed by atoms with van der Waals surface area (Å²) >= 11 is 0. The minimum absolute atomic E-state index is 0.470. The standard InChI is InChI=1S/C17H29N3O3/c1-12(2)6-8-19-17(18)20-9-7-14-15(22-4)10-13(21-3)11-16(14)23-5/h10-12H,6-9H2,1-5H3,(H3,18,19,20). The van der Waals surface area contributed by atoms with Crippen LogP contribution in [0.25, 0.3) is 0 Å². The average Bonchev–Trinajstić information content (AvgIpc) is 2.54. The van der Waals surface area contributed by atoms with E-state index in [1.807, 2.05) is 12.1 Å². The molecular weight excluding hydrogens is 294 g/mol. The predicted molar refractivity (Wildman–Crippen MR) is 93.7 cm³/mol. The van der Waals surface area contributed by atoms with E-state index < -0.39 is 0 Å². The van der Waals surface area contributed by atoms with E-state index in [4.69, 9.17) is 19.9 Å². The van der Waals surface area contributed by atoms with E-state index in [2.05, 4.69) is 24.2 Å². The molecule has 1 aromatic carbocycles. The topological polar surface area (TPSA) is 78.1 Å². The Hall–Kier alpha value is -2.11. The van der Waals surface area contributed by atoms with Crippen molar-refractivity contribution in [1.82, 2.24) is 5.32 Å². The summed E-state index contributed by atoms with van der Waals surface area (Å²) in [5, 5.41) is 3.12. The number of ether oxygens (including phenoxy) is 3. The zero-order valence-electron chi connectivity index (χ0n) is 14.8. The van der Waals surface area contributed by atoms with E-state index in [1.54, 1.807) is 21.3 Å². The monoisotopic (exact) mass is 323 g/mol. The number of benzene rings is 1. The van der Waals surface area contributed by atoms with Crippen molar-refractivity contribution in [3.63, 3.8) is 0 Å². The van der Waals surface area contributed by atoms with Gasteiger partial charge < -0.3 is 25.3 Å². The molecule has 1 rings (SSSR count). The van der Waals surface area contributed by atoms with Crippen molar-refractivity contribution >= 4 is 5.96 Å². The summed E-state index contributed by atoms with van der Waals surface area (Å²) in [5.74, 6) is 3.26. The molecule has 6 nitrogen and oxygen atoms in total. The summed E-state index contributed by atoms with van der Waals surface area (Å²) < 4.78 is 16.1. The normalized spacial score (nSPS) is 11.5. The molecule has 0 saturated heterocycles. The highest BCUT2D eigenvalue weighted by Gasteiger charge is 2.13. The third-order valence-corrected chi connectivity index (χ3v) is 3.49. The fraction of sp³-hybridized carbons (Fsp3) is 0.588. The van der Waals surface area contributed by atoms with E-state index >= 15 is 0 Å². The first kappa shape index (κ1) is 18.9. The van der Waals surface area contributed by atoms with Crippen molar-refractivity contribution in [1.29, 1.82) is 0 Å². The average molecular weight is 323 g/mol. The van der Waals surface area contributed by atoms with Gasteiger partial charge in [-0.25, -0.2) is 0 Å². The summed E-state index contributed by atoms with van der Waals surface area (Å²) in [6.07, 6.45) is 1.74. The molecule has 0 radical (unpaired) electrons. The van der Waals surface area contributed by atoms with Gasteiger partial charge in [0.2, 0.25) is 0 Å². The first-order valence-electron chi connectivity index (χ1n) is 7.84. The lowest BCUT2D eigenvalue weighted by Gasteiger charge is -2.15. The van der Waals surface area contributed by atoms with Crippen molar-refractivity contribution < 1.29 is 14.2 Å². The molecule has 0 heterocycles. The van der Waals surface area contributed by atoms with Crippen molar-refractivity contribution in [3.05, 3.63) is 17.7 Å². The number of rotatable bonds is 9. The van der Waals surface area contributed by atoms with Gasteiger partial charge in [0.15, 0.2) is 5.96 Å². The highest BCUT2D eigenvalue weighted by Crippen LogP contribution is 2.34. The van der Waals surface area contributed by atoms with Crippen LogP contribution < -0.4 is 25.3 Å². The maximum absolute atomic E-state index is 5.87. The van der Waals surface area contributed by atoms with Crippen molar-refractivity contribution in [2.24, 2.45) is 16.6 Å². The van der Waals surface area contributed by atoms with Crippen molar-refractivity contribution in [2.75, 3.05) is 34.4 Å². The number of nitrogens with two attached hydrogens (primary N) is 1. The van der Waals surface area contributed by atoms with Gasteiger partial charge in [-0.2, -0.15) is 0 Å². The molecule has 0 fully saturated rings. The van der Waals surface area contributed by atoms with Crippen LogP contribution >= 0.6 is 0 Å². The van der Waals surface area contributed by atoms with Gasteiger partial charge in [0, 0.05) is 30.8 Å². The van der Waals surface area contributed by atoms with Crippen LogP contribution in [0.5, 0.6) is 17.2 Å². The van der Waals surface area contributed by atoms with E-state index in [1.165, 1.54) is 0 Å². The van der Waals surface area contributed by atoms with Crippen LogP contribution in [0.1, 0.15) is 25.8 Å². The fourth-order valence-electron chi connectivity index (χ4n) is 2.14. The molecule has 6 heteroatoms. The molecule has 0 bridgehead atoms. The highest BCUT2D eigenvalue weighted by atomic mass is 16.5. The van der Waals surface area contributed by atoms with Crippen LogP contribution in [0.15, 0.2) is 17.1 Å². The Bertz CT molecular complexity index is 491. The van der Waals surface area contributed by atoms with Crippen molar-refractivity contribution in [3.8, 4) is 17.2 Å². The van der Waals surface area contributed by atoms with E-state index in [0.29, 0.717) is 30.6 Å². The summed E-state index contributed by atoms with van der Waals surface area (Å²) in [4.78, 5) is 4.31. The number of hydrogen-bond donors (Lipinski definition) is 2. The Morgan fingerprint density at radius 2 is 1.74 bits per heavy atom. The zero-order chi connectivity index (χ0) is 17.2. The number of methoxy groups -OCH3 is 3. The Balaban J connectivity index is 2.66. The molecule has 0 amide bonds. The smallest absolute Gasteiger partial charge is 0.188 e. The highest BCUT2D eigenvalue weighted by molar-refractivity contribution is 5.77. The first-order valence-corrected chi connectivity index (χ1v) is 7.84. The lowest BCUT2D eigenvalue weighted by atomic mass is 10.1. The number of hydrogen-bond acceptors (Lipinski definition) is 4. The van der Waals surface area contributed by atoms with Gasteiger partial charge in [0.1, 0.15) is 17.2 Å². The number of nitrogens with one attached hydrogen (secondary N) is 1. The zero-order valence-corrected chi connectivity index (χ0v) is 14.8.